The van der Waals surface area contributed by atoms with Crippen LogP contribution in [-0.2, 0) is 16.6 Å². The zero-order chi connectivity index (χ0) is 16.2. The first-order valence-electron chi connectivity index (χ1n) is 6.23. The van der Waals surface area contributed by atoms with E-state index in [1.807, 2.05) is 0 Å². The summed E-state index contributed by atoms with van der Waals surface area (Å²) in [6, 6.07) is 7.30. The van der Waals surface area contributed by atoms with Crippen LogP contribution in [0.15, 0.2) is 47.6 Å². The number of carboxylic acids is 1. The van der Waals surface area contributed by atoms with Crippen molar-refractivity contribution in [1.82, 2.24) is 9.71 Å². The van der Waals surface area contributed by atoms with Crippen LogP contribution in [0.3, 0.4) is 0 Å². The van der Waals surface area contributed by atoms with Crippen molar-refractivity contribution in [1.29, 1.82) is 0 Å². The van der Waals surface area contributed by atoms with Crippen molar-refractivity contribution in [2.45, 2.75) is 11.4 Å². The number of nitrogens with one attached hydrogen (secondary N) is 1. The van der Waals surface area contributed by atoms with Gasteiger partial charge in [0.25, 0.3) is 0 Å². The number of aromatic carboxylic acids is 1. The van der Waals surface area contributed by atoms with Crippen LogP contribution in [0.2, 0.25) is 0 Å². The van der Waals surface area contributed by atoms with E-state index in [1.54, 1.807) is 12.1 Å². The average molecular weight is 322 g/mol. The van der Waals surface area contributed by atoms with Crippen molar-refractivity contribution in [3.63, 3.8) is 0 Å². The molecule has 0 bridgehead atoms. The third kappa shape index (κ3) is 3.80. The van der Waals surface area contributed by atoms with Crippen molar-refractivity contribution in [2.24, 2.45) is 0 Å². The van der Waals surface area contributed by atoms with Gasteiger partial charge in [0.2, 0.25) is 10.0 Å². The molecule has 0 amide bonds. The summed E-state index contributed by atoms with van der Waals surface area (Å²) in [5, 5.41) is 8.80. The maximum absolute atomic E-state index is 12.1. The highest BCUT2D eigenvalue weighted by molar-refractivity contribution is 7.89. The monoisotopic (exact) mass is 322 g/mol. The van der Waals surface area contributed by atoms with Crippen LogP contribution in [0.4, 0.5) is 0 Å². The molecule has 0 atom stereocenters. The van der Waals surface area contributed by atoms with Gasteiger partial charge in [0.1, 0.15) is 10.6 Å². The Bertz CT molecular complexity index is 772. The number of sulfonamides is 1. The zero-order valence-electron chi connectivity index (χ0n) is 11.7. The number of carbonyl (C=O) groups is 1. The van der Waals surface area contributed by atoms with Gasteiger partial charge in [-0.1, -0.05) is 12.1 Å². The summed E-state index contributed by atoms with van der Waals surface area (Å²) in [4.78, 5) is 14.5. The summed E-state index contributed by atoms with van der Waals surface area (Å²) in [6.45, 7) is 0.0411. The highest BCUT2D eigenvalue weighted by Crippen LogP contribution is 2.15. The second kappa shape index (κ2) is 6.54. The second-order valence-corrected chi connectivity index (χ2v) is 6.15. The Morgan fingerprint density at radius 2 is 1.95 bits per heavy atom. The number of hydrogen-bond acceptors (Lipinski definition) is 5. The fourth-order valence-corrected chi connectivity index (χ4v) is 2.68. The molecule has 1 aromatic carbocycles. The molecule has 7 nitrogen and oxygen atoms in total. The van der Waals surface area contributed by atoms with E-state index in [1.165, 1.54) is 37.7 Å². The molecule has 2 aromatic rings. The number of nitrogens with zero attached hydrogens (tertiary/aromatic N) is 1. The molecule has 2 N–H and O–H groups in total. The largest absolute Gasteiger partial charge is 0.495 e. The first kappa shape index (κ1) is 15.9. The van der Waals surface area contributed by atoms with Crippen LogP contribution in [0.1, 0.15) is 15.9 Å². The van der Waals surface area contributed by atoms with Gasteiger partial charge in [-0.05, 0) is 17.7 Å². The lowest BCUT2D eigenvalue weighted by Crippen LogP contribution is -2.23. The van der Waals surface area contributed by atoms with Crippen LogP contribution < -0.4 is 9.46 Å². The number of hydrogen-bond donors (Lipinski definition) is 2. The molecule has 22 heavy (non-hydrogen) atoms. The van der Waals surface area contributed by atoms with Gasteiger partial charge in [0.05, 0.1) is 18.9 Å². The third-order valence-corrected chi connectivity index (χ3v) is 4.27. The highest BCUT2D eigenvalue weighted by Gasteiger charge is 2.15. The maximum atomic E-state index is 12.1. The molecule has 8 heteroatoms. The summed E-state index contributed by atoms with van der Waals surface area (Å²) in [6.07, 6.45) is 2.63. The number of pyridine rings is 1. The van der Waals surface area contributed by atoms with Crippen LogP contribution in [0, 0.1) is 0 Å². The Morgan fingerprint density at radius 3 is 2.55 bits per heavy atom. The molecular weight excluding hydrogens is 308 g/mol. The molecule has 0 spiro atoms. The Kier molecular flexibility index (Phi) is 4.74. The molecule has 0 saturated carbocycles. The molecule has 0 aliphatic carbocycles. The van der Waals surface area contributed by atoms with Crippen LogP contribution in [0.25, 0.3) is 0 Å². The van der Waals surface area contributed by atoms with Gasteiger partial charge in [-0.15, -0.1) is 0 Å². The lowest BCUT2D eigenvalue weighted by Gasteiger charge is -2.08. The van der Waals surface area contributed by atoms with E-state index in [9.17, 15) is 13.2 Å². The Balaban J connectivity index is 2.10. The van der Waals surface area contributed by atoms with Crippen molar-refractivity contribution in [3.8, 4) is 5.75 Å². The van der Waals surface area contributed by atoms with Gasteiger partial charge in [0.15, 0.2) is 0 Å². The number of carboxylic acid groups (broad SMARTS) is 1. The minimum atomic E-state index is -3.73. The summed E-state index contributed by atoms with van der Waals surface area (Å²) >= 11 is 0. The van der Waals surface area contributed by atoms with Gasteiger partial charge in [-0.3, -0.25) is 4.98 Å². The number of rotatable bonds is 6. The first-order chi connectivity index (χ1) is 10.4. The number of aromatic nitrogens is 1. The van der Waals surface area contributed by atoms with E-state index in [2.05, 4.69) is 9.71 Å². The second-order valence-electron chi connectivity index (χ2n) is 4.39. The van der Waals surface area contributed by atoms with Crippen molar-refractivity contribution in [3.05, 3.63) is 53.9 Å². The zero-order valence-corrected chi connectivity index (χ0v) is 12.5. The Hall–Kier alpha value is -2.45. The summed E-state index contributed by atoms with van der Waals surface area (Å²) in [5.74, 6) is -0.691. The predicted octanol–water partition coefficient (Wildman–Crippen LogP) is 1.27. The summed E-state index contributed by atoms with van der Waals surface area (Å²) in [5.41, 5.74) is 0.785. The van der Waals surface area contributed by atoms with Crippen molar-refractivity contribution >= 4 is 16.0 Å². The Morgan fingerprint density at radius 1 is 1.27 bits per heavy atom. The number of methoxy groups -OCH3 is 1. The maximum Gasteiger partial charge on any atom is 0.335 e. The molecule has 0 aliphatic heterocycles. The van der Waals surface area contributed by atoms with E-state index < -0.39 is 16.0 Å². The van der Waals surface area contributed by atoms with Crippen molar-refractivity contribution < 1.29 is 23.1 Å². The van der Waals surface area contributed by atoms with E-state index in [4.69, 9.17) is 9.84 Å². The molecule has 1 aromatic heterocycles. The summed E-state index contributed by atoms with van der Waals surface area (Å²) in [7, 11) is -2.30. The van der Waals surface area contributed by atoms with E-state index in [0.29, 0.717) is 11.3 Å². The van der Waals surface area contributed by atoms with Crippen molar-refractivity contribution in [2.75, 3.05) is 7.11 Å². The molecule has 0 unspecified atom stereocenters. The molecule has 1 heterocycles. The standard InChI is InChI=1S/C14H14N2O5S/c1-21-12-6-13(9-15-8-12)22(19,20)16-7-10-2-4-11(5-3-10)14(17)18/h2-6,8-9,16H,7H2,1H3,(H,17,18). The van der Waals surface area contributed by atoms with Gasteiger partial charge in [0, 0.05) is 18.8 Å². The molecule has 0 saturated heterocycles. The predicted molar refractivity (Wildman–Crippen MR) is 78.2 cm³/mol. The number of benzene rings is 1. The minimum Gasteiger partial charge on any atom is -0.495 e. The molecular formula is C14H14N2O5S. The number of ether oxygens (including phenoxy) is 1. The molecule has 116 valence electrons. The van der Waals surface area contributed by atoms with E-state index in [0.717, 1.165) is 0 Å². The van der Waals surface area contributed by atoms with E-state index >= 15 is 0 Å². The normalized spacial score (nSPS) is 11.1. The lowest BCUT2D eigenvalue weighted by atomic mass is 10.1. The van der Waals surface area contributed by atoms with Crippen LogP contribution in [0.5, 0.6) is 5.75 Å². The quantitative estimate of drug-likeness (QED) is 0.829. The molecule has 0 fully saturated rings. The Labute approximate surface area is 127 Å². The summed E-state index contributed by atoms with van der Waals surface area (Å²) < 4.78 is 31.7. The van der Waals surface area contributed by atoms with Crippen LogP contribution >= 0.6 is 0 Å². The molecule has 2 rings (SSSR count). The topological polar surface area (TPSA) is 106 Å². The average Bonchev–Trinajstić information content (AvgIpc) is 2.53. The van der Waals surface area contributed by atoms with Gasteiger partial charge in [-0.25, -0.2) is 17.9 Å². The minimum absolute atomic E-state index is 0.00555. The van der Waals surface area contributed by atoms with Gasteiger partial charge >= 0.3 is 5.97 Å². The highest BCUT2D eigenvalue weighted by atomic mass is 32.2. The van der Waals surface area contributed by atoms with Crippen LogP contribution in [-0.4, -0.2) is 31.6 Å². The molecule has 0 aliphatic rings. The SMILES string of the molecule is COc1cncc(S(=O)(=O)NCc2ccc(C(=O)O)cc2)c1. The molecule has 0 radical (unpaired) electrons. The van der Waals surface area contributed by atoms with Gasteiger partial charge < -0.3 is 9.84 Å². The first-order valence-corrected chi connectivity index (χ1v) is 7.71. The van der Waals surface area contributed by atoms with Gasteiger partial charge in [-0.2, -0.15) is 0 Å². The smallest absolute Gasteiger partial charge is 0.335 e. The fourth-order valence-electron chi connectivity index (χ4n) is 1.68. The fraction of sp³-hybridized carbons (Fsp3) is 0.143. The lowest BCUT2D eigenvalue weighted by molar-refractivity contribution is 0.0697. The third-order valence-electron chi connectivity index (χ3n) is 2.90. The van der Waals surface area contributed by atoms with E-state index in [-0.39, 0.29) is 17.0 Å².